The molecule has 0 amide bonds. The third kappa shape index (κ3) is 7.90. The van der Waals surface area contributed by atoms with Crippen molar-refractivity contribution in [1.82, 2.24) is 9.80 Å². The minimum atomic E-state index is -2.03. The Morgan fingerprint density at radius 2 is 1.36 bits per heavy atom. The van der Waals surface area contributed by atoms with Gasteiger partial charge in [0.25, 0.3) is 0 Å². The standard InChI is InChI=1S/C20H32N2O.C12H17N.2ClH.V/c1-19(2,3)14-12-15(17(23)16(13-14)20(4,5)6)18-21-8-7-9-22(18)11-10-21;1-8(2)10-6-5-7-11(9(3)4)12(10)13;;;/h12-13,18,23H,7-11H2,1-6H3;5-9H,1-4H3;2*1H;/q;;;;+2/p-2. The number of rotatable bonds is 4. The van der Waals surface area contributed by atoms with Crippen molar-refractivity contribution in [3.8, 4) is 5.75 Å². The maximum absolute atomic E-state index is 11.1. The van der Waals surface area contributed by atoms with Gasteiger partial charge in [0.15, 0.2) is 0 Å². The molecule has 2 fully saturated rings. The topological polar surface area (TPSA) is 39.1 Å². The average molecular weight is 614 g/mol. The predicted molar refractivity (Wildman–Crippen MR) is 164 cm³/mol. The molecule has 2 unspecified atom stereocenters. The van der Waals surface area contributed by atoms with Gasteiger partial charge in [0.05, 0.1) is 6.17 Å². The van der Waals surface area contributed by atoms with Crippen LogP contribution in [0.3, 0.4) is 0 Å². The van der Waals surface area contributed by atoms with Gasteiger partial charge in [-0.05, 0) is 34.4 Å². The van der Waals surface area contributed by atoms with E-state index in [0.29, 0.717) is 17.6 Å². The molecule has 2 aliphatic heterocycles. The number of hydrogen-bond acceptors (Lipinski definition) is 4. The summed E-state index contributed by atoms with van der Waals surface area (Å²) in [6, 6.07) is 10.8. The molecule has 4 rings (SSSR count). The van der Waals surface area contributed by atoms with Crippen molar-refractivity contribution in [2.24, 2.45) is 3.79 Å². The second kappa shape index (κ2) is 13.0. The van der Waals surface area contributed by atoms with Gasteiger partial charge in [-0.2, -0.15) is 0 Å². The summed E-state index contributed by atoms with van der Waals surface area (Å²) in [5.74, 6) is 1.40. The van der Waals surface area contributed by atoms with E-state index in [2.05, 4.69) is 113 Å². The molecule has 217 valence electrons. The number of halogens is 2. The van der Waals surface area contributed by atoms with Crippen LogP contribution in [0.2, 0.25) is 0 Å². The molecule has 2 aromatic carbocycles. The van der Waals surface area contributed by atoms with E-state index >= 15 is 0 Å². The minimum absolute atomic E-state index is 0.0571. The molecule has 4 nitrogen and oxygen atoms in total. The molecule has 0 spiro atoms. The van der Waals surface area contributed by atoms with E-state index < -0.39 is 13.1 Å². The van der Waals surface area contributed by atoms with Crippen molar-refractivity contribution < 1.29 is 18.2 Å². The number of phenols is 1. The number of hydrogen-bond donors (Lipinski definition) is 1. The zero-order chi connectivity index (χ0) is 29.3. The molecule has 0 aliphatic carbocycles. The van der Waals surface area contributed by atoms with E-state index in [1.54, 1.807) is 0 Å². The number of phenolic OH excluding ortho intramolecular Hbond substituents is 1. The van der Waals surface area contributed by atoms with Crippen LogP contribution in [0.5, 0.6) is 5.75 Å². The van der Waals surface area contributed by atoms with Crippen molar-refractivity contribution in [3.05, 3.63) is 58.1 Å². The molecule has 2 aromatic rings. The van der Waals surface area contributed by atoms with Gasteiger partial charge in [-0.15, -0.1) is 0 Å². The first kappa shape index (κ1) is 32.6. The van der Waals surface area contributed by atoms with E-state index in [0.717, 1.165) is 43.0 Å². The van der Waals surface area contributed by atoms with Gasteiger partial charge in [-0.25, -0.2) is 0 Å². The fourth-order valence-electron chi connectivity index (χ4n) is 5.63. The van der Waals surface area contributed by atoms with Crippen LogP contribution < -0.4 is 0 Å². The van der Waals surface area contributed by atoms with Crippen LogP contribution in [-0.2, 0) is 23.9 Å². The quantitative estimate of drug-likeness (QED) is 0.373. The monoisotopic (exact) mass is 612 g/mol. The van der Waals surface area contributed by atoms with Gasteiger partial charge in [0.2, 0.25) is 0 Å². The third-order valence-corrected chi connectivity index (χ3v) is 9.04. The maximum atomic E-state index is 11.1. The number of fused-ring (bicyclic) bond motifs is 2. The summed E-state index contributed by atoms with van der Waals surface area (Å²) in [5, 5.41) is 11.1. The normalized spacial score (nSPS) is 21.1. The molecule has 2 saturated heterocycles. The van der Waals surface area contributed by atoms with Gasteiger partial charge < -0.3 is 5.11 Å². The van der Waals surface area contributed by atoms with Crippen molar-refractivity contribution in [2.45, 2.75) is 104 Å². The summed E-state index contributed by atoms with van der Waals surface area (Å²) in [4.78, 5) is 5.05. The molecule has 0 saturated carbocycles. The summed E-state index contributed by atoms with van der Waals surface area (Å²) in [7, 11) is 11.8. The Kier molecular flexibility index (Phi) is 10.9. The summed E-state index contributed by atoms with van der Waals surface area (Å²) >= 11 is -2.03. The Balaban J connectivity index is 0.000000231. The van der Waals surface area contributed by atoms with Gasteiger partial charge in [-0.1, -0.05) is 47.6 Å². The van der Waals surface area contributed by atoms with Gasteiger partial charge >= 0.3 is 111 Å². The van der Waals surface area contributed by atoms with E-state index in [1.165, 1.54) is 23.1 Å². The predicted octanol–water partition coefficient (Wildman–Crippen LogP) is 9.68. The molecule has 2 aliphatic rings. The summed E-state index contributed by atoms with van der Waals surface area (Å²) in [6.07, 6.45) is 1.50. The SMILES string of the molecule is CC(C)(C)c1cc(C2N3CCCN2CC3)c(O)c(C(C)(C)C)c1.CC(C)c1cccc(C(C)C)c1[N]=[V]([Cl])[Cl]. The number of nitrogens with zero attached hydrogens (tertiary/aromatic N) is 3. The van der Waals surface area contributed by atoms with Crippen LogP contribution in [0.15, 0.2) is 34.1 Å². The molecular formula is C32H49Cl2N3OV. The van der Waals surface area contributed by atoms with Crippen molar-refractivity contribution in [3.63, 3.8) is 0 Å². The number of benzene rings is 2. The molecule has 7 heteroatoms. The van der Waals surface area contributed by atoms with E-state index in [9.17, 15) is 5.11 Å². The van der Waals surface area contributed by atoms with Crippen molar-refractivity contribution >= 4 is 25.4 Å². The Hall–Kier alpha value is -0.876. The van der Waals surface area contributed by atoms with Crippen LogP contribution in [0.4, 0.5) is 5.69 Å². The zero-order valence-electron chi connectivity index (χ0n) is 25.6. The second-order valence-corrected chi connectivity index (χ2v) is 18.0. The first-order valence-electron chi connectivity index (χ1n) is 14.3. The van der Waals surface area contributed by atoms with Gasteiger partial charge in [0.1, 0.15) is 5.75 Å². The Labute approximate surface area is 250 Å². The van der Waals surface area contributed by atoms with Crippen LogP contribution in [0.1, 0.15) is 121 Å². The van der Waals surface area contributed by atoms with E-state index in [4.69, 9.17) is 19.7 Å². The Morgan fingerprint density at radius 1 is 0.846 bits per heavy atom. The molecule has 0 radical (unpaired) electrons. The van der Waals surface area contributed by atoms with Crippen LogP contribution in [0, 0.1) is 0 Å². The summed E-state index contributed by atoms with van der Waals surface area (Å²) in [6.45, 7) is 26.5. The Morgan fingerprint density at radius 3 is 1.77 bits per heavy atom. The zero-order valence-corrected chi connectivity index (χ0v) is 28.6. The van der Waals surface area contributed by atoms with Gasteiger partial charge in [-0.3, -0.25) is 9.80 Å². The van der Waals surface area contributed by atoms with Crippen LogP contribution in [0.25, 0.3) is 0 Å². The third-order valence-electron chi connectivity index (χ3n) is 7.87. The molecule has 2 heterocycles. The summed E-state index contributed by atoms with van der Waals surface area (Å²) < 4.78 is 4.48. The fraction of sp³-hybridized carbons (Fsp3) is 0.625. The molecule has 2 atom stereocenters. The summed E-state index contributed by atoms with van der Waals surface area (Å²) in [5.41, 5.74) is 7.05. The van der Waals surface area contributed by atoms with Crippen molar-refractivity contribution in [2.75, 3.05) is 26.2 Å². The molecular weight excluding hydrogens is 564 g/mol. The van der Waals surface area contributed by atoms with Crippen LogP contribution in [-0.4, -0.2) is 41.1 Å². The Bertz CT molecular complexity index is 1130. The molecule has 2 bridgehead atoms. The van der Waals surface area contributed by atoms with Crippen molar-refractivity contribution in [1.29, 1.82) is 0 Å². The molecule has 39 heavy (non-hydrogen) atoms. The second-order valence-electron chi connectivity index (χ2n) is 13.7. The first-order valence-corrected chi connectivity index (χ1v) is 18.8. The van der Waals surface area contributed by atoms with E-state index in [1.807, 2.05) is 0 Å². The fourth-order valence-corrected chi connectivity index (χ4v) is 6.85. The number of aromatic hydroxyl groups is 1. The average Bonchev–Trinajstić information content (AvgIpc) is 3.04. The molecule has 1 N–H and O–H groups in total. The molecule has 0 aromatic heterocycles. The van der Waals surface area contributed by atoms with E-state index in [-0.39, 0.29) is 17.0 Å². The first-order chi connectivity index (χ1) is 18.0. The van der Waals surface area contributed by atoms with Gasteiger partial charge in [0, 0.05) is 31.7 Å². The van der Waals surface area contributed by atoms with Crippen LogP contribution >= 0.6 is 19.7 Å².